The van der Waals surface area contributed by atoms with Gasteiger partial charge in [-0.05, 0) is 61.4 Å². The van der Waals surface area contributed by atoms with Crippen LogP contribution in [-0.2, 0) is 16.6 Å². The third-order valence-corrected chi connectivity index (χ3v) is 6.53. The average Bonchev–Trinajstić information content (AvgIpc) is 3.26. The third-order valence-electron chi connectivity index (χ3n) is 3.99. The molecule has 1 aromatic carbocycles. The van der Waals surface area contributed by atoms with Crippen molar-refractivity contribution in [2.75, 3.05) is 0 Å². The Bertz CT molecular complexity index is 959. The van der Waals surface area contributed by atoms with E-state index in [4.69, 9.17) is 4.42 Å². The number of aliphatic hydroxyl groups excluding tert-OH is 1. The van der Waals surface area contributed by atoms with Gasteiger partial charge >= 0.3 is 0 Å². The topological polar surface area (TPSA) is 79.5 Å². The van der Waals surface area contributed by atoms with Gasteiger partial charge in [-0.3, -0.25) is 0 Å². The van der Waals surface area contributed by atoms with Gasteiger partial charge in [0.1, 0.15) is 11.9 Å². The maximum absolute atomic E-state index is 12.4. The maximum Gasteiger partial charge on any atom is 0.240 e. The van der Waals surface area contributed by atoms with Gasteiger partial charge in [0.05, 0.1) is 11.2 Å². The fourth-order valence-electron chi connectivity index (χ4n) is 2.35. The molecule has 3 aromatic rings. The first-order chi connectivity index (χ1) is 11.9. The molecule has 2 aromatic heterocycles. The fourth-order valence-corrected chi connectivity index (χ4v) is 4.48. The molecule has 3 rings (SSSR count). The molecule has 0 fully saturated rings. The van der Waals surface area contributed by atoms with Crippen molar-refractivity contribution < 1.29 is 17.9 Å². The van der Waals surface area contributed by atoms with E-state index in [1.54, 1.807) is 42.5 Å². The Hall–Kier alpha value is -1.93. The predicted molar refractivity (Wildman–Crippen MR) is 97.0 cm³/mol. The van der Waals surface area contributed by atoms with Crippen molar-refractivity contribution in [3.63, 3.8) is 0 Å². The van der Waals surface area contributed by atoms with Crippen LogP contribution in [0.25, 0.3) is 0 Å². The van der Waals surface area contributed by atoms with Crippen LogP contribution in [0.3, 0.4) is 0 Å². The number of aliphatic hydroxyl groups is 1. The largest absolute Gasteiger partial charge is 0.466 e. The van der Waals surface area contributed by atoms with Crippen molar-refractivity contribution >= 4 is 21.4 Å². The molecule has 2 heterocycles. The van der Waals surface area contributed by atoms with E-state index in [-0.39, 0.29) is 11.4 Å². The molecule has 0 aliphatic heterocycles. The SMILES string of the molecule is Cc1ccc(S(=O)(=O)NCc2ccc(C(O)c3ccco3)s2)cc1C. The molecule has 1 unspecified atom stereocenters. The van der Waals surface area contributed by atoms with E-state index in [0.29, 0.717) is 10.6 Å². The molecule has 7 heteroatoms. The molecule has 25 heavy (non-hydrogen) atoms. The fraction of sp³-hybridized carbons (Fsp3) is 0.222. The first kappa shape index (κ1) is 17.9. The Labute approximate surface area is 151 Å². The molecule has 132 valence electrons. The number of hydrogen-bond acceptors (Lipinski definition) is 5. The number of sulfonamides is 1. The highest BCUT2D eigenvalue weighted by Gasteiger charge is 2.18. The summed E-state index contributed by atoms with van der Waals surface area (Å²) >= 11 is 1.34. The van der Waals surface area contributed by atoms with Crippen molar-refractivity contribution in [2.24, 2.45) is 0 Å². The summed E-state index contributed by atoms with van der Waals surface area (Å²) in [7, 11) is -3.58. The summed E-state index contributed by atoms with van der Waals surface area (Å²) in [5.41, 5.74) is 1.98. The van der Waals surface area contributed by atoms with Crippen LogP contribution < -0.4 is 4.72 Å². The molecule has 0 saturated heterocycles. The van der Waals surface area contributed by atoms with Crippen molar-refractivity contribution in [3.8, 4) is 0 Å². The molecule has 1 atom stereocenters. The lowest BCUT2D eigenvalue weighted by Crippen LogP contribution is -2.22. The van der Waals surface area contributed by atoms with Gasteiger partial charge in [0.2, 0.25) is 10.0 Å². The van der Waals surface area contributed by atoms with Crippen LogP contribution in [0.2, 0.25) is 0 Å². The lowest BCUT2D eigenvalue weighted by molar-refractivity contribution is 0.193. The highest BCUT2D eigenvalue weighted by molar-refractivity contribution is 7.89. The van der Waals surface area contributed by atoms with E-state index in [1.807, 2.05) is 13.8 Å². The monoisotopic (exact) mass is 377 g/mol. The number of benzene rings is 1. The zero-order valence-corrected chi connectivity index (χ0v) is 15.5. The minimum absolute atomic E-state index is 0.171. The van der Waals surface area contributed by atoms with Gasteiger partial charge in [-0.2, -0.15) is 0 Å². The number of hydrogen-bond donors (Lipinski definition) is 2. The van der Waals surface area contributed by atoms with Gasteiger partial charge < -0.3 is 9.52 Å². The van der Waals surface area contributed by atoms with E-state index in [9.17, 15) is 13.5 Å². The Balaban J connectivity index is 1.70. The lowest BCUT2D eigenvalue weighted by Gasteiger charge is -2.08. The Kier molecular flexibility index (Phi) is 5.10. The molecule has 0 aliphatic rings. The molecule has 0 aliphatic carbocycles. The minimum Gasteiger partial charge on any atom is -0.466 e. The second-order valence-electron chi connectivity index (χ2n) is 5.79. The van der Waals surface area contributed by atoms with Gasteiger partial charge in [0, 0.05) is 16.3 Å². The normalized spacial score (nSPS) is 13.1. The first-order valence-electron chi connectivity index (χ1n) is 7.74. The van der Waals surface area contributed by atoms with Gasteiger partial charge in [0.25, 0.3) is 0 Å². The summed E-state index contributed by atoms with van der Waals surface area (Å²) in [5.74, 6) is 0.462. The molecule has 0 spiro atoms. The zero-order valence-electron chi connectivity index (χ0n) is 13.9. The molecular formula is C18H19NO4S2. The first-order valence-corrected chi connectivity index (χ1v) is 10.0. The van der Waals surface area contributed by atoms with Crippen LogP contribution >= 0.6 is 11.3 Å². The molecule has 0 radical (unpaired) electrons. The second kappa shape index (κ2) is 7.13. The van der Waals surface area contributed by atoms with Gasteiger partial charge in [-0.25, -0.2) is 13.1 Å². The minimum atomic E-state index is -3.58. The van der Waals surface area contributed by atoms with Crippen molar-refractivity contribution in [2.45, 2.75) is 31.4 Å². The van der Waals surface area contributed by atoms with Crippen molar-refractivity contribution in [1.82, 2.24) is 4.72 Å². The van der Waals surface area contributed by atoms with Gasteiger partial charge in [-0.1, -0.05) is 6.07 Å². The van der Waals surface area contributed by atoms with Crippen LogP contribution in [0.4, 0.5) is 0 Å². The Morgan fingerprint density at radius 2 is 1.96 bits per heavy atom. The maximum atomic E-state index is 12.4. The molecule has 0 amide bonds. The summed E-state index contributed by atoms with van der Waals surface area (Å²) in [6, 6.07) is 12.1. The van der Waals surface area contributed by atoms with E-state index in [0.717, 1.165) is 16.0 Å². The van der Waals surface area contributed by atoms with E-state index in [1.165, 1.54) is 17.6 Å². The highest BCUT2D eigenvalue weighted by Crippen LogP contribution is 2.29. The van der Waals surface area contributed by atoms with E-state index < -0.39 is 16.1 Å². The van der Waals surface area contributed by atoms with E-state index >= 15 is 0 Å². The summed E-state index contributed by atoms with van der Waals surface area (Å²) in [4.78, 5) is 1.77. The quantitative estimate of drug-likeness (QED) is 0.689. The van der Waals surface area contributed by atoms with Crippen molar-refractivity contribution in [3.05, 3.63) is 75.4 Å². The lowest BCUT2D eigenvalue weighted by atomic mass is 10.1. The Morgan fingerprint density at radius 1 is 1.16 bits per heavy atom. The smallest absolute Gasteiger partial charge is 0.240 e. The van der Waals surface area contributed by atoms with Crippen molar-refractivity contribution in [1.29, 1.82) is 0 Å². The number of nitrogens with one attached hydrogen (secondary N) is 1. The van der Waals surface area contributed by atoms with E-state index in [2.05, 4.69) is 4.72 Å². The number of furan rings is 1. The van der Waals surface area contributed by atoms with Crippen LogP contribution in [0.5, 0.6) is 0 Å². The number of aryl methyl sites for hydroxylation is 2. The van der Waals surface area contributed by atoms with Crippen LogP contribution in [0.15, 0.2) is 58.0 Å². The molecule has 0 saturated carbocycles. The van der Waals surface area contributed by atoms with Gasteiger partial charge in [0.15, 0.2) is 0 Å². The predicted octanol–water partition coefficient (Wildman–Crippen LogP) is 3.52. The number of rotatable bonds is 6. The molecule has 2 N–H and O–H groups in total. The summed E-state index contributed by atoms with van der Waals surface area (Å²) in [6.45, 7) is 4.00. The second-order valence-corrected chi connectivity index (χ2v) is 8.76. The summed E-state index contributed by atoms with van der Waals surface area (Å²) in [5, 5.41) is 10.2. The van der Waals surface area contributed by atoms with Crippen LogP contribution in [0, 0.1) is 13.8 Å². The van der Waals surface area contributed by atoms with Gasteiger partial charge in [-0.15, -0.1) is 11.3 Å². The third kappa shape index (κ3) is 4.01. The number of thiophene rings is 1. The molecule has 0 bridgehead atoms. The Morgan fingerprint density at radius 3 is 2.64 bits per heavy atom. The highest BCUT2D eigenvalue weighted by atomic mass is 32.2. The molecule has 5 nitrogen and oxygen atoms in total. The summed E-state index contributed by atoms with van der Waals surface area (Å²) < 4.78 is 32.7. The zero-order chi connectivity index (χ0) is 18.0. The molecular weight excluding hydrogens is 358 g/mol. The van der Waals surface area contributed by atoms with Crippen LogP contribution in [0.1, 0.15) is 32.7 Å². The summed E-state index contributed by atoms with van der Waals surface area (Å²) in [6.07, 6.45) is 0.662. The standard InChI is InChI=1S/C18H19NO4S2/c1-12-5-7-15(10-13(12)2)25(21,22)19-11-14-6-8-17(24-14)18(20)16-4-3-9-23-16/h3-10,18-20H,11H2,1-2H3. The van der Waals surface area contributed by atoms with Crippen LogP contribution in [-0.4, -0.2) is 13.5 Å². The average molecular weight is 377 g/mol.